The van der Waals surface area contributed by atoms with Crippen molar-refractivity contribution in [1.82, 2.24) is 9.29 Å². The number of nitrogens with zero attached hydrogens (tertiary/aromatic N) is 2. The van der Waals surface area contributed by atoms with Crippen LogP contribution in [0.5, 0.6) is 0 Å². The number of hydrogen-bond acceptors (Lipinski definition) is 6. The van der Waals surface area contributed by atoms with Crippen LogP contribution in [0.4, 0.5) is 10.8 Å². The van der Waals surface area contributed by atoms with Gasteiger partial charge in [-0.3, -0.25) is 9.59 Å². The average molecular weight is 423 g/mol. The van der Waals surface area contributed by atoms with Crippen molar-refractivity contribution >= 4 is 44.0 Å². The van der Waals surface area contributed by atoms with Gasteiger partial charge in [-0.05, 0) is 49.9 Å². The van der Waals surface area contributed by atoms with Crippen molar-refractivity contribution in [2.75, 3.05) is 24.2 Å². The monoisotopic (exact) mass is 422 g/mol. The number of hydrogen-bond donors (Lipinski definition) is 2. The van der Waals surface area contributed by atoms with E-state index in [1.54, 1.807) is 0 Å². The first-order valence-electron chi connectivity index (χ1n) is 8.88. The molecule has 28 heavy (non-hydrogen) atoms. The van der Waals surface area contributed by atoms with Crippen LogP contribution >= 0.6 is 11.3 Å². The van der Waals surface area contributed by atoms with Crippen LogP contribution in [-0.4, -0.2) is 43.1 Å². The van der Waals surface area contributed by atoms with Crippen LogP contribution in [0.2, 0.25) is 0 Å². The first-order chi connectivity index (χ1) is 13.3. The molecule has 1 aromatic heterocycles. The fraction of sp³-hybridized carbons (Fsp3) is 0.389. The van der Waals surface area contributed by atoms with E-state index in [1.807, 2.05) is 0 Å². The fourth-order valence-corrected chi connectivity index (χ4v) is 5.14. The van der Waals surface area contributed by atoms with Crippen molar-refractivity contribution in [3.05, 3.63) is 34.8 Å². The Morgan fingerprint density at radius 2 is 1.82 bits per heavy atom. The summed E-state index contributed by atoms with van der Waals surface area (Å²) in [6.07, 6.45) is 4.13. The molecule has 0 spiro atoms. The lowest BCUT2D eigenvalue weighted by Crippen LogP contribution is -2.34. The van der Waals surface area contributed by atoms with Gasteiger partial charge in [0.15, 0.2) is 5.13 Å². The number of thiazole rings is 1. The SMILES string of the molecule is CC(=O)Nc1ccc(S(=O)(=O)N(C)CC(=O)Nc2nc3c(s2)CCCC3)cc1. The molecule has 0 atom stereocenters. The van der Waals surface area contributed by atoms with Gasteiger partial charge in [-0.25, -0.2) is 13.4 Å². The van der Waals surface area contributed by atoms with Gasteiger partial charge in [0.25, 0.3) is 0 Å². The molecule has 150 valence electrons. The Morgan fingerprint density at radius 3 is 2.46 bits per heavy atom. The molecule has 1 aromatic carbocycles. The largest absolute Gasteiger partial charge is 0.326 e. The highest BCUT2D eigenvalue weighted by molar-refractivity contribution is 7.89. The Bertz CT molecular complexity index is 960. The number of aryl methyl sites for hydroxylation is 2. The van der Waals surface area contributed by atoms with E-state index < -0.39 is 15.9 Å². The van der Waals surface area contributed by atoms with Gasteiger partial charge in [0.2, 0.25) is 21.8 Å². The summed E-state index contributed by atoms with van der Waals surface area (Å²) >= 11 is 1.46. The minimum atomic E-state index is -3.83. The highest BCUT2D eigenvalue weighted by atomic mass is 32.2. The summed E-state index contributed by atoms with van der Waals surface area (Å²) in [6.45, 7) is 1.05. The Kier molecular flexibility index (Phi) is 6.11. The van der Waals surface area contributed by atoms with Gasteiger partial charge in [-0.15, -0.1) is 11.3 Å². The molecule has 0 fully saturated rings. The highest BCUT2D eigenvalue weighted by Gasteiger charge is 2.24. The van der Waals surface area contributed by atoms with E-state index in [-0.39, 0.29) is 17.3 Å². The van der Waals surface area contributed by atoms with Crippen LogP contribution in [0.25, 0.3) is 0 Å². The lowest BCUT2D eigenvalue weighted by atomic mass is 10.0. The highest BCUT2D eigenvalue weighted by Crippen LogP contribution is 2.29. The summed E-state index contributed by atoms with van der Waals surface area (Å²) in [4.78, 5) is 29.0. The molecule has 0 saturated carbocycles. The van der Waals surface area contributed by atoms with Crippen LogP contribution in [0.15, 0.2) is 29.2 Å². The molecule has 0 unspecified atom stereocenters. The number of benzene rings is 1. The van der Waals surface area contributed by atoms with Crippen LogP contribution in [-0.2, 0) is 32.5 Å². The van der Waals surface area contributed by atoms with Gasteiger partial charge < -0.3 is 10.6 Å². The third kappa shape index (κ3) is 4.75. The number of aromatic nitrogens is 1. The molecule has 8 nitrogen and oxygen atoms in total. The maximum absolute atomic E-state index is 12.7. The quantitative estimate of drug-likeness (QED) is 0.742. The lowest BCUT2D eigenvalue weighted by Gasteiger charge is -2.16. The molecule has 2 N–H and O–H groups in total. The summed E-state index contributed by atoms with van der Waals surface area (Å²) in [5, 5.41) is 5.79. The summed E-state index contributed by atoms with van der Waals surface area (Å²) < 4.78 is 26.3. The second kappa shape index (κ2) is 8.38. The molecule has 10 heteroatoms. The Hall–Kier alpha value is -2.30. The van der Waals surface area contributed by atoms with E-state index in [1.165, 1.54) is 54.5 Å². The zero-order valence-electron chi connectivity index (χ0n) is 15.7. The van der Waals surface area contributed by atoms with E-state index in [0.717, 1.165) is 35.7 Å². The van der Waals surface area contributed by atoms with Crippen LogP contribution in [0, 0.1) is 0 Å². The van der Waals surface area contributed by atoms with Crippen molar-refractivity contribution < 1.29 is 18.0 Å². The standard InChI is InChI=1S/C18H22N4O4S2/c1-12(23)19-13-7-9-14(10-8-13)28(25,26)22(2)11-17(24)21-18-20-15-5-3-4-6-16(15)27-18/h7-10H,3-6,11H2,1-2H3,(H,19,23)(H,20,21,24). The number of amides is 2. The van der Waals surface area contributed by atoms with E-state index in [9.17, 15) is 18.0 Å². The summed E-state index contributed by atoms with van der Waals surface area (Å²) in [5.41, 5.74) is 1.53. The van der Waals surface area contributed by atoms with E-state index in [4.69, 9.17) is 0 Å². The average Bonchev–Trinajstić information content (AvgIpc) is 3.03. The minimum absolute atomic E-state index is 0.0432. The summed E-state index contributed by atoms with van der Waals surface area (Å²) in [7, 11) is -2.48. The van der Waals surface area contributed by atoms with Crippen molar-refractivity contribution in [3.63, 3.8) is 0 Å². The summed E-state index contributed by atoms with van der Waals surface area (Å²) in [6, 6.07) is 5.79. The first-order valence-corrected chi connectivity index (χ1v) is 11.1. The lowest BCUT2D eigenvalue weighted by molar-refractivity contribution is -0.116. The van der Waals surface area contributed by atoms with E-state index in [0.29, 0.717) is 10.8 Å². The van der Waals surface area contributed by atoms with E-state index >= 15 is 0 Å². The molecule has 0 radical (unpaired) electrons. The molecular weight excluding hydrogens is 400 g/mol. The molecule has 0 saturated heterocycles. The molecule has 0 aliphatic heterocycles. The van der Waals surface area contributed by atoms with Crippen molar-refractivity contribution in [2.24, 2.45) is 0 Å². The smallest absolute Gasteiger partial charge is 0.243 e. The Morgan fingerprint density at radius 1 is 1.14 bits per heavy atom. The zero-order valence-corrected chi connectivity index (χ0v) is 17.3. The molecule has 1 heterocycles. The van der Waals surface area contributed by atoms with Gasteiger partial charge in [0.05, 0.1) is 17.1 Å². The van der Waals surface area contributed by atoms with Gasteiger partial charge >= 0.3 is 0 Å². The number of nitrogens with one attached hydrogen (secondary N) is 2. The molecular formula is C18H22N4O4S2. The molecule has 1 aliphatic carbocycles. The van der Waals surface area contributed by atoms with Gasteiger partial charge in [-0.1, -0.05) is 0 Å². The van der Waals surface area contributed by atoms with Crippen molar-refractivity contribution in [1.29, 1.82) is 0 Å². The Balaban J connectivity index is 1.63. The maximum atomic E-state index is 12.7. The van der Waals surface area contributed by atoms with Crippen LogP contribution in [0.3, 0.4) is 0 Å². The Labute approximate surface area is 168 Å². The maximum Gasteiger partial charge on any atom is 0.243 e. The third-order valence-corrected chi connectivity index (χ3v) is 7.23. The number of anilines is 2. The number of likely N-dealkylation sites (N-methyl/N-ethyl adjacent to an activating group) is 1. The number of carbonyl (C=O) groups is 2. The van der Waals surface area contributed by atoms with Crippen LogP contribution in [0.1, 0.15) is 30.3 Å². The topological polar surface area (TPSA) is 108 Å². The molecule has 1 aliphatic rings. The molecule has 2 amide bonds. The second-order valence-corrected chi connectivity index (χ2v) is 9.74. The van der Waals surface area contributed by atoms with Crippen molar-refractivity contribution in [2.45, 2.75) is 37.5 Å². The predicted octanol–water partition coefficient (Wildman–Crippen LogP) is 2.24. The first kappa shape index (κ1) is 20.4. The second-order valence-electron chi connectivity index (χ2n) is 6.61. The number of sulfonamides is 1. The predicted molar refractivity (Wildman–Crippen MR) is 108 cm³/mol. The van der Waals surface area contributed by atoms with Gasteiger partial charge in [0, 0.05) is 24.5 Å². The number of carbonyl (C=O) groups excluding carboxylic acids is 2. The van der Waals surface area contributed by atoms with Gasteiger partial charge in [-0.2, -0.15) is 4.31 Å². The van der Waals surface area contributed by atoms with Gasteiger partial charge in [0.1, 0.15) is 0 Å². The normalized spacial score (nSPS) is 13.8. The van der Waals surface area contributed by atoms with Crippen molar-refractivity contribution in [3.8, 4) is 0 Å². The molecule has 2 aromatic rings. The van der Waals surface area contributed by atoms with E-state index in [2.05, 4.69) is 15.6 Å². The third-order valence-electron chi connectivity index (χ3n) is 4.34. The molecule has 3 rings (SSSR count). The summed E-state index contributed by atoms with van der Waals surface area (Å²) in [5.74, 6) is -0.680. The van der Waals surface area contributed by atoms with Crippen LogP contribution < -0.4 is 10.6 Å². The minimum Gasteiger partial charge on any atom is -0.326 e. The number of rotatable bonds is 6. The number of fused-ring (bicyclic) bond motifs is 1. The zero-order chi connectivity index (χ0) is 20.3. The molecule has 0 bridgehead atoms. The fourth-order valence-electron chi connectivity index (χ4n) is 2.94.